The summed E-state index contributed by atoms with van der Waals surface area (Å²) in [5.74, 6) is -0.0626. The van der Waals surface area contributed by atoms with Crippen molar-refractivity contribution in [3.05, 3.63) is 11.9 Å². The molecule has 0 atom stereocenters. The summed E-state index contributed by atoms with van der Waals surface area (Å²) in [7, 11) is 1.73. The molecular weight excluding hydrogens is 196 g/mol. The number of amides is 1. The molecule has 1 rings (SSSR count). The first-order chi connectivity index (χ1) is 7.04. The Kier molecular flexibility index (Phi) is 3.54. The van der Waals surface area contributed by atoms with E-state index in [1.165, 1.54) is 10.9 Å². The number of aldehydes is 1. The van der Waals surface area contributed by atoms with Crippen LogP contribution in [0.3, 0.4) is 0 Å². The molecule has 0 radical (unpaired) electrons. The van der Waals surface area contributed by atoms with E-state index in [9.17, 15) is 9.59 Å². The van der Waals surface area contributed by atoms with Crippen molar-refractivity contribution in [1.82, 2.24) is 19.9 Å². The van der Waals surface area contributed by atoms with E-state index in [1.54, 1.807) is 11.9 Å². The number of carbonyl (C=O) groups excluding carboxylic acids is 2. The Bertz CT molecular complexity index is 359. The fourth-order valence-electron chi connectivity index (χ4n) is 0.983. The molecule has 0 aliphatic heterocycles. The molecule has 6 nitrogen and oxygen atoms in total. The van der Waals surface area contributed by atoms with Crippen LogP contribution in [0, 0.1) is 0 Å². The highest BCUT2D eigenvalue weighted by Crippen LogP contribution is 1.97. The molecule has 0 aliphatic rings. The van der Waals surface area contributed by atoms with Crippen LogP contribution in [0.4, 0.5) is 0 Å². The zero-order chi connectivity index (χ0) is 11.4. The van der Waals surface area contributed by atoms with Crippen LogP contribution >= 0.6 is 0 Å². The third-order valence-corrected chi connectivity index (χ3v) is 2.14. The van der Waals surface area contributed by atoms with Crippen LogP contribution in [-0.2, 0) is 11.3 Å². The van der Waals surface area contributed by atoms with E-state index in [0.717, 1.165) is 0 Å². The summed E-state index contributed by atoms with van der Waals surface area (Å²) in [6.45, 7) is 3.96. The minimum Gasteiger partial charge on any atom is -0.342 e. The smallest absolute Gasteiger partial charge is 0.244 e. The van der Waals surface area contributed by atoms with Gasteiger partial charge in [-0.05, 0) is 13.8 Å². The maximum atomic E-state index is 11.6. The molecule has 0 bridgehead atoms. The molecule has 0 spiro atoms. The third-order valence-electron chi connectivity index (χ3n) is 2.14. The third kappa shape index (κ3) is 2.87. The second kappa shape index (κ2) is 4.68. The van der Waals surface area contributed by atoms with E-state index in [4.69, 9.17) is 0 Å². The number of aromatic nitrogens is 3. The Morgan fingerprint density at radius 2 is 2.33 bits per heavy atom. The van der Waals surface area contributed by atoms with Crippen LogP contribution in [0.1, 0.15) is 24.3 Å². The van der Waals surface area contributed by atoms with Crippen LogP contribution in [0.25, 0.3) is 0 Å². The lowest BCUT2D eigenvalue weighted by atomic mass is 10.3. The highest BCUT2D eigenvalue weighted by atomic mass is 16.2. The predicted molar refractivity (Wildman–Crippen MR) is 53.3 cm³/mol. The van der Waals surface area contributed by atoms with Gasteiger partial charge in [0.15, 0.2) is 6.29 Å². The molecule has 0 unspecified atom stereocenters. The Morgan fingerprint density at radius 3 is 2.80 bits per heavy atom. The lowest BCUT2D eigenvalue weighted by Crippen LogP contribution is -2.35. The summed E-state index contributed by atoms with van der Waals surface area (Å²) in [6.07, 6.45) is 2.04. The van der Waals surface area contributed by atoms with E-state index in [-0.39, 0.29) is 24.2 Å². The number of hydrogen-bond acceptors (Lipinski definition) is 4. The molecule has 0 saturated carbocycles. The molecule has 0 saturated heterocycles. The number of nitrogens with zero attached hydrogens (tertiary/aromatic N) is 4. The first kappa shape index (κ1) is 11.4. The highest BCUT2D eigenvalue weighted by Gasteiger charge is 2.13. The van der Waals surface area contributed by atoms with E-state index >= 15 is 0 Å². The van der Waals surface area contributed by atoms with Crippen molar-refractivity contribution >= 4 is 12.2 Å². The van der Waals surface area contributed by atoms with E-state index in [0.29, 0.717) is 6.29 Å². The highest BCUT2D eigenvalue weighted by molar-refractivity contribution is 5.76. The minimum atomic E-state index is -0.0626. The molecule has 0 fully saturated rings. The monoisotopic (exact) mass is 210 g/mol. The van der Waals surface area contributed by atoms with E-state index in [1.807, 2.05) is 13.8 Å². The van der Waals surface area contributed by atoms with Gasteiger partial charge < -0.3 is 4.90 Å². The van der Waals surface area contributed by atoms with Crippen molar-refractivity contribution < 1.29 is 9.59 Å². The number of hydrogen-bond donors (Lipinski definition) is 0. The van der Waals surface area contributed by atoms with Crippen molar-refractivity contribution in [1.29, 1.82) is 0 Å². The summed E-state index contributed by atoms with van der Waals surface area (Å²) in [5, 5.41) is 7.22. The maximum Gasteiger partial charge on any atom is 0.244 e. The van der Waals surface area contributed by atoms with E-state index in [2.05, 4.69) is 10.3 Å². The van der Waals surface area contributed by atoms with Gasteiger partial charge in [-0.1, -0.05) is 5.21 Å². The van der Waals surface area contributed by atoms with Gasteiger partial charge in [-0.2, -0.15) is 0 Å². The molecule has 82 valence electrons. The maximum absolute atomic E-state index is 11.6. The van der Waals surface area contributed by atoms with Crippen molar-refractivity contribution in [2.75, 3.05) is 7.05 Å². The Hall–Kier alpha value is -1.72. The van der Waals surface area contributed by atoms with Gasteiger partial charge in [0.2, 0.25) is 5.91 Å². The summed E-state index contributed by atoms with van der Waals surface area (Å²) in [5.41, 5.74) is 0.231. The fourth-order valence-corrected chi connectivity index (χ4v) is 0.983. The molecule has 0 N–H and O–H groups in total. The van der Waals surface area contributed by atoms with Crippen molar-refractivity contribution in [3.8, 4) is 0 Å². The van der Waals surface area contributed by atoms with Crippen LogP contribution in [-0.4, -0.2) is 45.2 Å². The molecule has 15 heavy (non-hydrogen) atoms. The zero-order valence-electron chi connectivity index (χ0n) is 9.04. The normalized spacial score (nSPS) is 10.4. The first-order valence-corrected chi connectivity index (χ1v) is 4.65. The number of likely N-dealkylation sites (N-methyl/N-ethyl adjacent to an activating group) is 1. The van der Waals surface area contributed by atoms with Gasteiger partial charge in [-0.15, -0.1) is 5.10 Å². The molecule has 1 aromatic rings. The summed E-state index contributed by atoms with van der Waals surface area (Å²) in [6, 6.07) is 0.145. The summed E-state index contributed by atoms with van der Waals surface area (Å²) < 4.78 is 1.35. The summed E-state index contributed by atoms with van der Waals surface area (Å²) >= 11 is 0. The molecule has 0 aliphatic carbocycles. The number of rotatable bonds is 4. The van der Waals surface area contributed by atoms with Gasteiger partial charge in [-0.3, -0.25) is 9.59 Å². The minimum absolute atomic E-state index is 0.0626. The standard InChI is InChI=1S/C9H14N4O2/c1-7(2)12(3)9(15)5-13-4-8(6-14)10-11-13/h4,6-7H,5H2,1-3H3. The van der Waals surface area contributed by atoms with Crippen LogP contribution in [0.15, 0.2) is 6.20 Å². The molecular formula is C9H14N4O2. The van der Waals surface area contributed by atoms with Gasteiger partial charge in [0, 0.05) is 13.1 Å². The molecule has 6 heteroatoms. The van der Waals surface area contributed by atoms with Crippen molar-refractivity contribution in [2.45, 2.75) is 26.4 Å². The Labute approximate surface area is 87.9 Å². The molecule has 1 amide bonds. The average Bonchev–Trinajstić information content (AvgIpc) is 2.64. The number of carbonyl (C=O) groups is 2. The van der Waals surface area contributed by atoms with Crippen LogP contribution in [0.5, 0.6) is 0 Å². The van der Waals surface area contributed by atoms with Gasteiger partial charge >= 0.3 is 0 Å². The van der Waals surface area contributed by atoms with Gasteiger partial charge in [0.1, 0.15) is 12.2 Å². The zero-order valence-corrected chi connectivity index (χ0v) is 9.04. The lowest BCUT2D eigenvalue weighted by molar-refractivity contribution is -0.132. The van der Waals surface area contributed by atoms with Gasteiger partial charge in [-0.25, -0.2) is 4.68 Å². The lowest BCUT2D eigenvalue weighted by Gasteiger charge is -2.20. The van der Waals surface area contributed by atoms with E-state index < -0.39 is 0 Å². The first-order valence-electron chi connectivity index (χ1n) is 4.65. The fraction of sp³-hybridized carbons (Fsp3) is 0.556. The molecule has 1 aromatic heterocycles. The SMILES string of the molecule is CC(C)N(C)C(=O)Cn1cc(C=O)nn1. The summed E-state index contributed by atoms with van der Waals surface area (Å²) in [4.78, 5) is 23.6. The van der Waals surface area contributed by atoms with Crippen LogP contribution < -0.4 is 0 Å². The van der Waals surface area contributed by atoms with Gasteiger partial charge in [0.05, 0.1) is 6.20 Å². The van der Waals surface area contributed by atoms with Crippen molar-refractivity contribution in [3.63, 3.8) is 0 Å². The van der Waals surface area contributed by atoms with Crippen molar-refractivity contribution in [2.24, 2.45) is 0 Å². The predicted octanol–water partition coefficient (Wildman–Crippen LogP) is -0.0426. The molecule has 1 heterocycles. The Balaban J connectivity index is 2.62. The average molecular weight is 210 g/mol. The topological polar surface area (TPSA) is 68.1 Å². The molecule has 0 aromatic carbocycles. The quantitative estimate of drug-likeness (QED) is 0.654. The van der Waals surface area contributed by atoms with Crippen LogP contribution in [0.2, 0.25) is 0 Å². The largest absolute Gasteiger partial charge is 0.342 e. The second-order valence-electron chi connectivity index (χ2n) is 3.56. The van der Waals surface area contributed by atoms with Gasteiger partial charge in [0.25, 0.3) is 0 Å². The Morgan fingerprint density at radius 1 is 1.67 bits per heavy atom. The second-order valence-corrected chi connectivity index (χ2v) is 3.56.